The predicted octanol–water partition coefficient (Wildman–Crippen LogP) is 3.23. The fourth-order valence-corrected chi connectivity index (χ4v) is 3.35. The zero-order chi connectivity index (χ0) is 15.8. The molecular formula is C16H18O4S. The molecule has 2 N–H and O–H groups in total. The molecule has 0 fully saturated rings. The summed E-state index contributed by atoms with van der Waals surface area (Å²) >= 11 is 0. The minimum Gasteiger partial charge on any atom is -0.508 e. The normalized spacial score (nSPS) is 12.3. The third-order valence-electron chi connectivity index (χ3n) is 3.26. The second kappa shape index (κ2) is 5.07. The van der Waals surface area contributed by atoms with Gasteiger partial charge in [0.25, 0.3) is 0 Å². The fourth-order valence-electron chi connectivity index (χ4n) is 1.98. The topological polar surface area (TPSA) is 74.6 Å². The Morgan fingerprint density at radius 1 is 0.905 bits per heavy atom. The van der Waals surface area contributed by atoms with Gasteiger partial charge in [0.05, 0.1) is 4.90 Å². The summed E-state index contributed by atoms with van der Waals surface area (Å²) in [5.74, 6) is -0.592. The molecule has 112 valence electrons. The number of hydrogen-bond donors (Lipinski definition) is 2. The molecule has 0 aromatic heterocycles. The minimum atomic E-state index is -3.86. The zero-order valence-corrected chi connectivity index (χ0v) is 13.0. The van der Waals surface area contributed by atoms with Crippen LogP contribution < -0.4 is 0 Å². The van der Waals surface area contributed by atoms with Crippen molar-refractivity contribution in [3.05, 3.63) is 48.0 Å². The number of phenols is 2. The average molecular weight is 306 g/mol. The Balaban J connectivity index is 2.52. The van der Waals surface area contributed by atoms with Crippen LogP contribution in [0.15, 0.2) is 52.3 Å². The van der Waals surface area contributed by atoms with Crippen molar-refractivity contribution < 1.29 is 18.6 Å². The Morgan fingerprint density at radius 2 is 1.48 bits per heavy atom. The Bertz CT molecular complexity index is 754. The molecule has 2 rings (SSSR count). The summed E-state index contributed by atoms with van der Waals surface area (Å²) in [7, 11) is -3.86. The van der Waals surface area contributed by atoms with Gasteiger partial charge in [0.15, 0.2) is 0 Å². The van der Waals surface area contributed by atoms with Gasteiger partial charge in [0.2, 0.25) is 9.84 Å². The van der Waals surface area contributed by atoms with Gasteiger partial charge in [-0.05, 0) is 35.2 Å². The van der Waals surface area contributed by atoms with E-state index in [1.165, 1.54) is 18.2 Å². The molecule has 2 aromatic rings. The second-order valence-electron chi connectivity index (χ2n) is 5.93. The van der Waals surface area contributed by atoms with Gasteiger partial charge in [0.1, 0.15) is 16.4 Å². The molecule has 0 unspecified atom stereocenters. The van der Waals surface area contributed by atoms with Crippen LogP contribution >= 0.6 is 0 Å². The molecule has 0 atom stereocenters. The molecule has 0 radical (unpaired) electrons. The monoisotopic (exact) mass is 306 g/mol. The Hall–Kier alpha value is -2.01. The number of benzene rings is 2. The molecule has 0 saturated heterocycles. The van der Waals surface area contributed by atoms with Crippen molar-refractivity contribution in [2.45, 2.75) is 36.0 Å². The maximum absolute atomic E-state index is 12.5. The quantitative estimate of drug-likeness (QED) is 0.835. The first-order valence-electron chi connectivity index (χ1n) is 6.50. The first-order valence-corrected chi connectivity index (χ1v) is 7.98. The van der Waals surface area contributed by atoms with Crippen molar-refractivity contribution in [2.24, 2.45) is 0 Å². The van der Waals surface area contributed by atoms with E-state index >= 15 is 0 Å². The number of rotatable bonds is 2. The average Bonchev–Trinajstić information content (AvgIpc) is 2.40. The van der Waals surface area contributed by atoms with Crippen molar-refractivity contribution in [3.8, 4) is 11.5 Å². The first kappa shape index (κ1) is 15.4. The summed E-state index contributed by atoms with van der Waals surface area (Å²) in [5, 5.41) is 19.1. The fraction of sp³-hybridized carbons (Fsp3) is 0.250. The van der Waals surface area contributed by atoms with Crippen LogP contribution in [0.2, 0.25) is 0 Å². The van der Waals surface area contributed by atoms with Gasteiger partial charge in [-0.3, -0.25) is 0 Å². The first-order chi connectivity index (χ1) is 9.62. The van der Waals surface area contributed by atoms with E-state index in [0.29, 0.717) is 0 Å². The van der Waals surface area contributed by atoms with E-state index in [-0.39, 0.29) is 26.7 Å². The van der Waals surface area contributed by atoms with E-state index in [9.17, 15) is 18.6 Å². The van der Waals surface area contributed by atoms with E-state index in [1.54, 1.807) is 12.1 Å². The van der Waals surface area contributed by atoms with Gasteiger partial charge in [-0.15, -0.1) is 0 Å². The summed E-state index contributed by atoms with van der Waals surface area (Å²) in [4.78, 5) is -0.220. The van der Waals surface area contributed by atoms with Crippen LogP contribution in [-0.4, -0.2) is 18.6 Å². The van der Waals surface area contributed by atoms with Gasteiger partial charge in [-0.1, -0.05) is 32.9 Å². The molecule has 0 aliphatic carbocycles. The highest BCUT2D eigenvalue weighted by molar-refractivity contribution is 7.91. The van der Waals surface area contributed by atoms with Gasteiger partial charge >= 0.3 is 0 Å². The summed E-state index contributed by atoms with van der Waals surface area (Å²) in [6.45, 7) is 6.12. The maximum atomic E-state index is 12.5. The van der Waals surface area contributed by atoms with Crippen LogP contribution in [0.5, 0.6) is 11.5 Å². The third-order valence-corrected chi connectivity index (χ3v) is 5.06. The maximum Gasteiger partial charge on any atom is 0.210 e. The molecule has 21 heavy (non-hydrogen) atoms. The molecule has 0 bridgehead atoms. The largest absolute Gasteiger partial charge is 0.508 e. The van der Waals surface area contributed by atoms with Crippen LogP contribution in [0.4, 0.5) is 0 Å². The number of phenolic OH excluding ortho intramolecular Hbond substituents is 2. The lowest BCUT2D eigenvalue weighted by molar-refractivity contribution is 0.445. The van der Waals surface area contributed by atoms with Crippen LogP contribution in [0.1, 0.15) is 26.3 Å². The highest BCUT2D eigenvalue weighted by Gasteiger charge is 2.23. The Labute approximate surface area is 124 Å². The lowest BCUT2D eigenvalue weighted by Crippen LogP contribution is -2.11. The van der Waals surface area contributed by atoms with Crippen LogP contribution in [0, 0.1) is 0 Å². The van der Waals surface area contributed by atoms with Crippen LogP contribution in [0.25, 0.3) is 0 Å². The van der Waals surface area contributed by atoms with Crippen LogP contribution in [-0.2, 0) is 15.3 Å². The molecular weight excluding hydrogens is 288 g/mol. The van der Waals surface area contributed by atoms with Gasteiger partial charge in [-0.25, -0.2) is 8.42 Å². The van der Waals surface area contributed by atoms with E-state index in [2.05, 4.69) is 0 Å². The highest BCUT2D eigenvalue weighted by Crippen LogP contribution is 2.32. The van der Waals surface area contributed by atoms with Gasteiger partial charge in [-0.2, -0.15) is 0 Å². The summed E-state index contributed by atoms with van der Waals surface area (Å²) in [6.07, 6.45) is 0. The highest BCUT2D eigenvalue weighted by atomic mass is 32.2. The molecule has 0 amide bonds. The Kier molecular flexibility index (Phi) is 3.72. The number of aromatic hydroxyl groups is 2. The van der Waals surface area contributed by atoms with Crippen molar-refractivity contribution in [1.29, 1.82) is 0 Å². The molecule has 0 heterocycles. The predicted molar refractivity (Wildman–Crippen MR) is 80.4 cm³/mol. The van der Waals surface area contributed by atoms with Crippen LogP contribution in [0.3, 0.4) is 0 Å². The lowest BCUT2D eigenvalue weighted by Gasteiger charge is -2.19. The number of hydrogen-bond acceptors (Lipinski definition) is 4. The zero-order valence-electron chi connectivity index (χ0n) is 12.2. The second-order valence-corrected chi connectivity index (χ2v) is 7.85. The standard InChI is InChI=1S/C16H18O4S/c1-16(2,3)11-4-7-13(8-5-11)21(19,20)15-10-12(17)6-9-14(15)18/h4-10,17-18H,1-3H3. The van der Waals surface area contributed by atoms with E-state index < -0.39 is 9.84 Å². The van der Waals surface area contributed by atoms with Crippen molar-refractivity contribution in [1.82, 2.24) is 0 Å². The molecule has 4 nitrogen and oxygen atoms in total. The summed E-state index contributed by atoms with van der Waals surface area (Å²) in [6, 6.07) is 9.98. The minimum absolute atomic E-state index is 0.0740. The molecule has 2 aromatic carbocycles. The molecule has 0 aliphatic heterocycles. The Morgan fingerprint density at radius 3 is 2.00 bits per heavy atom. The summed E-state index contributed by atoms with van der Waals surface area (Å²) in [5.41, 5.74) is 0.941. The SMILES string of the molecule is CC(C)(C)c1ccc(S(=O)(=O)c2cc(O)ccc2O)cc1. The molecule has 0 spiro atoms. The molecule has 5 heteroatoms. The van der Waals surface area contributed by atoms with Gasteiger partial charge < -0.3 is 10.2 Å². The van der Waals surface area contributed by atoms with E-state index in [1.807, 2.05) is 20.8 Å². The van der Waals surface area contributed by atoms with Crippen molar-refractivity contribution >= 4 is 9.84 Å². The molecule has 0 aliphatic rings. The third kappa shape index (κ3) is 3.03. The van der Waals surface area contributed by atoms with Gasteiger partial charge in [0, 0.05) is 6.07 Å². The van der Waals surface area contributed by atoms with Crippen molar-refractivity contribution in [3.63, 3.8) is 0 Å². The number of sulfone groups is 1. The molecule has 0 saturated carbocycles. The summed E-state index contributed by atoms with van der Waals surface area (Å²) < 4.78 is 25.0. The van der Waals surface area contributed by atoms with E-state index in [0.717, 1.165) is 17.7 Å². The lowest BCUT2D eigenvalue weighted by atomic mass is 9.87. The van der Waals surface area contributed by atoms with E-state index in [4.69, 9.17) is 0 Å². The van der Waals surface area contributed by atoms with Crippen molar-refractivity contribution in [2.75, 3.05) is 0 Å². The smallest absolute Gasteiger partial charge is 0.210 e.